The van der Waals surface area contributed by atoms with Crippen LogP contribution in [-0.4, -0.2) is 10.9 Å². The van der Waals surface area contributed by atoms with Crippen molar-refractivity contribution in [3.63, 3.8) is 0 Å². The molecule has 68 valence electrons. The predicted octanol–water partition coefficient (Wildman–Crippen LogP) is 1.32. The highest BCUT2D eigenvalue weighted by atomic mass is 35.5. The van der Waals surface area contributed by atoms with Crippen molar-refractivity contribution in [2.24, 2.45) is 11.7 Å². The van der Waals surface area contributed by atoms with Gasteiger partial charge in [-0.2, -0.15) is 0 Å². The summed E-state index contributed by atoms with van der Waals surface area (Å²) in [5, 5.41) is 0.653. The van der Waals surface area contributed by atoms with Crippen LogP contribution in [0.2, 0.25) is 5.02 Å². The Kier molecular flexibility index (Phi) is 1.96. The fourth-order valence-electron chi connectivity index (χ4n) is 1.46. The van der Waals surface area contributed by atoms with E-state index >= 15 is 0 Å². The molecule has 0 bridgehead atoms. The van der Waals surface area contributed by atoms with Crippen LogP contribution in [0.1, 0.15) is 18.0 Å². The van der Waals surface area contributed by atoms with E-state index < -0.39 is 0 Å². The first-order valence-corrected chi connectivity index (χ1v) is 4.47. The Morgan fingerprint density at radius 2 is 2.46 bits per heavy atom. The topological polar surface area (TPSA) is 56.0 Å². The van der Waals surface area contributed by atoms with Crippen LogP contribution in [0.5, 0.6) is 0 Å². The van der Waals surface area contributed by atoms with Crippen molar-refractivity contribution in [2.75, 3.05) is 0 Å². The molecular weight excluding hydrogens is 188 g/mol. The van der Waals surface area contributed by atoms with E-state index in [-0.39, 0.29) is 17.7 Å². The van der Waals surface area contributed by atoms with Gasteiger partial charge in [0.25, 0.3) is 0 Å². The maximum absolute atomic E-state index is 10.8. The van der Waals surface area contributed by atoms with Crippen molar-refractivity contribution in [3.05, 3.63) is 29.0 Å². The lowest BCUT2D eigenvalue weighted by Crippen LogP contribution is -2.13. The lowest BCUT2D eigenvalue weighted by atomic mass is 10.2. The van der Waals surface area contributed by atoms with E-state index in [9.17, 15) is 4.79 Å². The Hall–Kier alpha value is -1.09. The third-order valence-corrected chi connectivity index (χ3v) is 2.51. The fourth-order valence-corrected chi connectivity index (χ4v) is 1.63. The molecule has 0 saturated heterocycles. The van der Waals surface area contributed by atoms with Gasteiger partial charge in [0.05, 0.1) is 0 Å². The molecule has 4 heteroatoms. The molecule has 1 aliphatic carbocycles. The largest absolute Gasteiger partial charge is 0.369 e. The van der Waals surface area contributed by atoms with Crippen molar-refractivity contribution < 1.29 is 4.79 Å². The van der Waals surface area contributed by atoms with Gasteiger partial charge in [-0.15, -0.1) is 0 Å². The molecule has 2 atom stereocenters. The smallest absolute Gasteiger partial charge is 0.221 e. The first-order chi connectivity index (χ1) is 6.18. The lowest BCUT2D eigenvalue weighted by molar-refractivity contribution is -0.119. The fraction of sp³-hybridized carbons (Fsp3) is 0.333. The summed E-state index contributed by atoms with van der Waals surface area (Å²) in [6, 6.07) is 3.50. The third kappa shape index (κ3) is 1.65. The van der Waals surface area contributed by atoms with Gasteiger partial charge in [0.15, 0.2) is 0 Å². The summed E-state index contributed by atoms with van der Waals surface area (Å²) in [7, 11) is 0. The number of nitrogens with zero attached hydrogens (tertiary/aromatic N) is 1. The molecule has 1 heterocycles. The standard InChI is InChI=1S/C9H9ClN2O/c10-5-1-2-12-8(3-5)6-4-7(6)9(11)13/h1-3,6-7H,4H2,(H2,11,13)/t6?,7-/m1/s1. The Bertz CT molecular complexity index is 353. The van der Waals surface area contributed by atoms with Crippen molar-refractivity contribution in [1.82, 2.24) is 4.98 Å². The highest BCUT2D eigenvalue weighted by molar-refractivity contribution is 6.30. The molecule has 1 saturated carbocycles. The van der Waals surface area contributed by atoms with Crippen molar-refractivity contribution in [1.29, 1.82) is 0 Å². The van der Waals surface area contributed by atoms with Crippen LogP contribution in [0.4, 0.5) is 0 Å². The van der Waals surface area contributed by atoms with E-state index in [0.29, 0.717) is 5.02 Å². The van der Waals surface area contributed by atoms with Gasteiger partial charge in [0.2, 0.25) is 5.91 Å². The lowest BCUT2D eigenvalue weighted by Gasteiger charge is -1.97. The molecular formula is C9H9ClN2O. The Labute approximate surface area is 80.9 Å². The minimum absolute atomic E-state index is 0.0361. The van der Waals surface area contributed by atoms with Crippen molar-refractivity contribution in [2.45, 2.75) is 12.3 Å². The average molecular weight is 197 g/mol. The first-order valence-electron chi connectivity index (χ1n) is 4.09. The summed E-state index contributed by atoms with van der Waals surface area (Å²) in [5.74, 6) is -0.0889. The van der Waals surface area contributed by atoms with Crippen LogP contribution in [0.3, 0.4) is 0 Å². The molecule has 2 N–H and O–H groups in total. The number of halogens is 1. The maximum atomic E-state index is 10.8. The number of carbonyl (C=O) groups is 1. The number of pyridine rings is 1. The highest BCUT2D eigenvalue weighted by Gasteiger charge is 2.43. The Balaban J connectivity index is 2.16. The zero-order chi connectivity index (χ0) is 9.42. The van der Waals surface area contributed by atoms with Crippen molar-refractivity contribution in [3.8, 4) is 0 Å². The van der Waals surface area contributed by atoms with E-state index in [0.717, 1.165) is 12.1 Å². The van der Waals surface area contributed by atoms with Crippen LogP contribution in [0.25, 0.3) is 0 Å². The SMILES string of the molecule is NC(=O)[C@@H]1CC1c1cc(Cl)ccn1. The third-order valence-electron chi connectivity index (χ3n) is 2.28. The first kappa shape index (κ1) is 8.51. The summed E-state index contributed by atoms with van der Waals surface area (Å²) < 4.78 is 0. The molecule has 1 aromatic heterocycles. The normalized spacial score (nSPS) is 25.6. The molecule has 0 spiro atoms. The average Bonchev–Trinajstić information content (AvgIpc) is 2.82. The zero-order valence-electron chi connectivity index (χ0n) is 6.90. The molecule has 2 rings (SSSR count). The van der Waals surface area contributed by atoms with Crippen LogP contribution >= 0.6 is 11.6 Å². The van der Waals surface area contributed by atoms with Crippen LogP contribution in [0.15, 0.2) is 18.3 Å². The maximum Gasteiger partial charge on any atom is 0.221 e. The van der Waals surface area contributed by atoms with Gasteiger partial charge in [-0.25, -0.2) is 0 Å². The monoisotopic (exact) mass is 196 g/mol. The molecule has 3 nitrogen and oxygen atoms in total. The number of nitrogens with two attached hydrogens (primary N) is 1. The van der Waals surface area contributed by atoms with Gasteiger partial charge in [-0.3, -0.25) is 9.78 Å². The van der Waals surface area contributed by atoms with Crippen molar-refractivity contribution >= 4 is 17.5 Å². The van der Waals surface area contributed by atoms with E-state index in [4.69, 9.17) is 17.3 Å². The number of hydrogen-bond donors (Lipinski definition) is 1. The van der Waals surface area contributed by atoms with Gasteiger partial charge < -0.3 is 5.73 Å². The highest BCUT2D eigenvalue weighted by Crippen LogP contribution is 2.46. The van der Waals surface area contributed by atoms with Crippen LogP contribution in [0, 0.1) is 5.92 Å². The molecule has 1 fully saturated rings. The minimum Gasteiger partial charge on any atom is -0.369 e. The van der Waals surface area contributed by atoms with Gasteiger partial charge in [-0.1, -0.05) is 11.6 Å². The zero-order valence-corrected chi connectivity index (χ0v) is 7.66. The summed E-state index contributed by atoms with van der Waals surface area (Å²) in [6.45, 7) is 0. The van der Waals surface area contributed by atoms with E-state index in [2.05, 4.69) is 4.98 Å². The van der Waals surface area contributed by atoms with Crippen LogP contribution in [-0.2, 0) is 4.79 Å². The second kappa shape index (κ2) is 3.00. The molecule has 0 aromatic carbocycles. The van der Waals surface area contributed by atoms with E-state index in [1.54, 1.807) is 18.3 Å². The van der Waals surface area contributed by atoms with Gasteiger partial charge in [0.1, 0.15) is 0 Å². The Morgan fingerprint density at radius 3 is 3.00 bits per heavy atom. The van der Waals surface area contributed by atoms with Gasteiger partial charge in [-0.05, 0) is 18.6 Å². The van der Waals surface area contributed by atoms with Gasteiger partial charge in [0, 0.05) is 28.7 Å². The Morgan fingerprint density at radius 1 is 1.69 bits per heavy atom. The molecule has 1 unspecified atom stereocenters. The molecule has 13 heavy (non-hydrogen) atoms. The number of rotatable bonds is 2. The second-order valence-corrected chi connectivity index (χ2v) is 3.69. The molecule has 1 aliphatic rings. The number of carbonyl (C=O) groups excluding carboxylic acids is 1. The predicted molar refractivity (Wildman–Crippen MR) is 49.3 cm³/mol. The number of amides is 1. The van der Waals surface area contributed by atoms with E-state index in [1.807, 2.05) is 0 Å². The number of aromatic nitrogens is 1. The minimum atomic E-state index is -0.244. The van der Waals surface area contributed by atoms with Gasteiger partial charge >= 0.3 is 0 Å². The number of hydrogen-bond acceptors (Lipinski definition) is 2. The number of primary amides is 1. The van der Waals surface area contributed by atoms with E-state index in [1.165, 1.54) is 0 Å². The summed E-state index contributed by atoms with van der Waals surface area (Å²) in [4.78, 5) is 14.9. The summed E-state index contributed by atoms with van der Waals surface area (Å²) in [5.41, 5.74) is 6.04. The summed E-state index contributed by atoms with van der Waals surface area (Å²) >= 11 is 5.79. The molecule has 0 aliphatic heterocycles. The van der Waals surface area contributed by atoms with Crippen LogP contribution < -0.4 is 5.73 Å². The second-order valence-electron chi connectivity index (χ2n) is 3.25. The quantitative estimate of drug-likeness (QED) is 0.776. The molecule has 1 amide bonds. The molecule has 1 aromatic rings. The molecule has 0 radical (unpaired) electrons. The summed E-state index contributed by atoms with van der Waals surface area (Å²) in [6.07, 6.45) is 2.46.